The van der Waals surface area contributed by atoms with Gasteiger partial charge in [-0.05, 0) is 114 Å². The van der Waals surface area contributed by atoms with Gasteiger partial charge in [0.15, 0.2) is 0 Å². The number of nitrogens with zero attached hydrogens (tertiary/aromatic N) is 4. The minimum absolute atomic E-state index is 0.00328. The van der Waals surface area contributed by atoms with E-state index in [2.05, 4.69) is 15.3 Å². The highest BCUT2D eigenvalue weighted by molar-refractivity contribution is 5.88. The summed E-state index contributed by atoms with van der Waals surface area (Å²) >= 11 is 0. The Balaban J connectivity index is 0.817. The summed E-state index contributed by atoms with van der Waals surface area (Å²) in [6.07, 6.45) is 6.66. The highest BCUT2D eigenvalue weighted by atomic mass is 19.3. The van der Waals surface area contributed by atoms with E-state index in [9.17, 15) is 14.4 Å². The van der Waals surface area contributed by atoms with Crippen LogP contribution in [-0.2, 0) is 26.9 Å². The number of fused-ring (bicyclic) bond motifs is 6. The number of likely N-dealkylation sites (tertiary alicyclic amines) is 2. The van der Waals surface area contributed by atoms with Crippen molar-refractivity contribution in [2.45, 2.75) is 109 Å². The summed E-state index contributed by atoms with van der Waals surface area (Å²) in [7, 11) is 0. The second-order valence-electron chi connectivity index (χ2n) is 20.4. The van der Waals surface area contributed by atoms with Crippen LogP contribution in [-0.4, -0.2) is 72.3 Å². The third kappa shape index (κ3) is 7.48. The van der Waals surface area contributed by atoms with Gasteiger partial charge in [0.2, 0.25) is 11.8 Å². The van der Waals surface area contributed by atoms with E-state index < -0.39 is 24.1 Å². The number of carbonyl (C=O) groups excluding carboxylic acids is 3. The first-order valence-corrected chi connectivity index (χ1v) is 23.8. The Morgan fingerprint density at radius 3 is 2.27 bits per heavy atom. The largest absolute Gasteiger partial charge is 0.445 e. The Hall–Kier alpha value is -6.41. The summed E-state index contributed by atoms with van der Waals surface area (Å²) in [6.45, 7) is 8.36. The van der Waals surface area contributed by atoms with Crippen LogP contribution < -0.4 is 11.1 Å². The number of hydrogen-bond donors (Lipinski definition) is 4. The molecule has 2 saturated heterocycles. The number of nitrogens with one attached hydrogen (secondary N) is 3. The first-order chi connectivity index (χ1) is 32.2. The fourth-order valence-corrected chi connectivity index (χ4v) is 11.3. The van der Waals surface area contributed by atoms with Crippen molar-refractivity contribution in [2.24, 2.45) is 28.9 Å². The Kier molecular flexibility index (Phi) is 10.4. The van der Waals surface area contributed by atoms with Crippen LogP contribution in [0.2, 0.25) is 0 Å². The van der Waals surface area contributed by atoms with Gasteiger partial charge in [-0.15, -0.1) is 0 Å². The molecule has 2 aromatic heterocycles. The molecule has 12 nitrogen and oxygen atoms in total. The van der Waals surface area contributed by atoms with Gasteiger partial charge in [0, 0.05) is 29.3 Å². The molecule has 2 saturated carbocycles. The number of H-pyrrole nitrogens is 2. The van der Waals surface area contributed by atoms with E-state index in [4.69, 9.17) is 20.4 Å². The second kappa shape index (κ2) is 16.1. The van der Waals surface area contributed by atoms with Crippen LogP contribution in [0.15, 0.2) is 91.1 Å². The number of ether oxygens (including phenoxy) is 1. The van der Waals surface area contributed by atoms with Crippen LogP contribution in [0.4, 0.5) is 13.6 Å². The minimum atomic E-state index is -3.27. The topological polar surface area (TPSA) is 162 Å². The normalized spacial score (nSPS) is 22.7. The van der Waals surface area contributed by atoms with E-state index >= 15 is 8.78 Å². The van der Waals surface area contributed by atoms with Crippen LogP contribution in [0.1, 0.15) is 107 Å². The van der Waals surface area contributed by atoms with E-state index in [1.807, 2.05) is 98.2 Å². The highest BCUT2D eigenvalue weighted by Crippen LogP contribution is 2.59. The van der Waals surface area contributed by atoms with Gasteiger partial charge in [-0.25, -0.2) is 14.8 Å². The van der Waals surface area contributed by atoms with Gasteiger partial charge >= 0.3 is 6.09 Å². The van der Waals surface area contributed by atoms with Crippen molar-refractivity contribution in [1.29, 1.82) is 0 Å². The lowest BCUT2D eigenvalue weighted by Crippen LogP contribution is -2.51. The summed E-state index contributed by atoms with van der Waals surface area (Å²) in [6, 6.07) is 23.7. The first kappa shape index (κ1) is 43.2. The molecule has 0 radical (unpaired) electrons. The second-order valence-corrected chi connectivity index (χ2v) is 20.4. The molecular formula is C53H56F2N8O4. The zero-order chi connectivity index (χ0) is 46.5. The number of aromatic nitrogens is 4. The molecule has 1 spiro atoms. The molecular weight excluding hydrogens is 851 g/mol. The van der Waals surface area contributed by atoms with Gasteiger partial charge in [0.25, 0.3) is 5.92 Å². The van der Waals surface area contributed by atoms with Gasteiger partial charge in [-0.3, -0.25) is 9.59 Å². The Bertz CT molecular complexity index is 2920. The number of nitrogens with two attached hydrogens (primary N) is 1. The number of aromatic amines is 2. The quantitative estimate of drug-likeness (QED) is 0.101. The minimum Gasteiger partial charge on any atom is -0.445 e. The number of alkyl carbamates (subject to hydrolysis) is 1. The van der Waals surface area contributed by atoms with E-state index in [1.165, 1.54) is 0 Å². The number of amides is 3. The van der Waals surface area contributed by atoms with E-state index in [0.29, 0.717) is 46.2 Å². The van der Waals surface area contributed by atoms with Crippen LogP contribution in [0, 0.1) is 23.2 Å². The molecule has 6 atom stereocenters. The summed E-state index contributed by atoms with van der Waals surface area (Å²) in [5, 5.41) is 2.83. The molecule has 3 aliphatic carbocycles. The molecule has 5 aliphatic rings. The fraction of sp³-hybridized carbons (Fsp3) is 0.415. The molecule has 5 N–H and O–H groups in total. The van der Waals surface area contributed by atoms with Crippen LogP contribution in [0.25, 0.3) is 44.5 Å². The zero-order valence-electron chi connectivity index (χ0n) is 38.2. The Labute approximate surface area is 388 Å². The molecule has 3 amide bonds. The zero-order valence-corrected chi connectivity index (χ0v) is 38.2. The number of hydrogen-bond acceptors (Lipinski definition) is 7. The van der Waals surface area contributed by atoms with Crippen molar-refractivity contribution in [3.8, 4) is 33.5 Å². The number of piperidine rings is 1. The van der Waals surface area contributed by atoms with Gasteiger partial charge in [0.05, 0.1) is 41.0 Å². The van der Waals surface area contributed by atoms with Gasteiger partial charge in [-0.1, -0.05) is 88.4 Å². The standard InChI is InChI=1S/C53H56F2N8O4/c1-28(2)44(56)49(64)63-35-14-10-34(20-35)46(63)48-58-40-17-13-32(23-41(40)59-48)31-11-15-36-37-16-12-33(22-39(37)53(54,55)38(36)21-31)42-25-57-47(60-42)43-24-52(18-19-52)27-62(43)50(65)45(29(3)4)61-51(66)67-26-30-8-6-5-7-9-30/h5-9,11-13,15-17,21-23,25,28-29,34-35,43-46H,10,14,18-20,24,26-27,56H2,1-4H3,(H,57,60)(H,58,59)(H,61,66). The monoisotopic (exact) mass is 906 g/mol. The van der Waals surface area contributed by atoms with E-state index in [-0.39, 0.29) is 64.9 Å². The van der Waals surface area contributed by atoms with E-state index in [1.54, 1.807) is 30.5 Å². The lowest BCUT2D eigenvalue weighted by Gasteiger charge is -2.36. The fourth-order valence-electron chi connectivity index (χ4n) is 11.3. The van der Waals surface area contributed by atoms with Crippen LogP contribution in [0.5, 0.6) is 0 Å². The number of alkyl halides is 2. The van der Waals surface area contributed by atoms with Gasteiger partial charge in [0.1, 0.15) is 24.3 Å². The number of benzene rings is 4. The lowest BCUT2D eigenvalue weighted by molar-refractivity contribution is -0.138. The van der Waals surface area contributed by atoms with Crippen molar-refractivity contribution >= 4 is 28.9 Å². The molecule has 11 rings (SSSR count). The molecule has 6 aromatic rings. The maximum Gasteiger partial charge on any atom is 0.408 e. The molecule has 2 aliphatic heterocycles. The number of carbonyl (C=O) groups is 3. The summed E-state index contributed by atoms with van der Waals surface area (Å²) in [4.78, 5) is 61.3. The van der Waals surface area contributed by atoms with Crippen LogP contribution >= 0.6 is 0 Å². The molecule has 346 valence electrons. The van der Waals surface area contributed by atoms with Crippen molar-refractivity contribution in [3.05, 3.63) is 119 Å². The lowest BCUT2D eigenvalue weighted by atomic mass is 9.96. The summed E-state index contributed by atoms with van der Waals surface area (Å²) < 4.78 is 38.9. The van der Waals surface area contributed by atoms with E-state index in [0.717, 1.165) is 66.5 Å². The predicted octanol–water partition coefficient (Wildman–Crippen LogP) is 9.78. The van der Waals surface area contributed by atoms with Crippen molar-refractivity contribution < 1.29 is 27.9 Å². The first-order valence-electron chi connectivity index (χ1n) is 23.8. The third-order valence-electron chi connectivity index (χ3n) is 15.4. The third-order valence-corrected chi connectivity index (χ3v) is 15.4. The summed E-state index contributed by atoms with van der Waals surface area (Å²) in [5.41, 5.74) is 12.1. The molecule has 67 heavy (non-hydrogen) atoms. The average molecular weight is 907 g/mol. The number of imidazole rings is 2. The number of rotatable bonds is 11. The Morgan fingerprint density at radius 1 is 0.851 bits per heavy atom. The van der Waals surface area contributed by atoms with Gasteiger partial charge < -0.3 is 35.6 Å². The molecule has 2 bridgehead atoms. The Morgan fingerprint density at radius 2 is 1.55 bits per heavy atom. The molecule has 14 heteroatoms. The van der Waals surface area contributed by atoms with Crippen molar-refractivity contribution in [1.82, 2.24) is 35.1 Å². The molecule has 6 unspecified atom stereocenters. The highest BCUT2D eigenvalue weighted by Gasteiger charge is 2.55. The van der Waals surface area contributed by atoms with Gasteiger partial charge in [-0.2, -0.15) is 8.78 Å². The van der Waals surface area contributed by atoms with Crippen LogP contribution in [0.3, 0.4) is 0 Å². The van der Waals surface area contributed by atoms with Crippen molar-refractivity contribution in [2.75, 3.05) is 6.54 Å². The number of halogens is 2. The smallest absolute Gasteiger partial charge is 0.408 e. The SMILES string of the molecule is CC(C)C(N)C(=O)N1C2CCC(C2)C1c1nc2ccc(-c3ccc4c(c3)C(F)(F)c3cc(-c5cnc(C6CC7(CC7)CN6C(=O)C(NC(=O)OCc6ccccc6)C(C)C)[nH]5)ccc3-4)cc2[nH]1. The maximum absolute atomic E-state index is 16.7. The average Bonchev–Trinajstić information content (AvgIpc) is 3.98. The maximum atomic E-state index is 16.7. The van der Waals surface area contributed by atoms with Crippen molar-refractivity contribution in [3.63, 3.8) is 0 Å². The predicted molar refractivity (Wildman–Crippen MR) is 250 cm³/mol. The molecule has 4 heterocycles. The molecule has 4 fully saturated rings. The summed E-state index contributed by atoms with van der Waals surface area (Å²) in [5.74, 6) is -2.06. The molecule has 4 aromatic carbocycles.